The maximum atomic E-state index is 12.7. The van der Waals surface area contributed by atoms with E-state index in [1.54, 1.807) is 7.11 Å². The molecule has 1 heterocycles. The summed E-state index contributed by atoms with van der Waals surface area (Å²) < 4.78 is 43.2. The van der Waals surface area contributed by atoms with Crippen LogP contribution < -0.4 is 15.4 Å². The Labute approximate surface area is 167 Å². The first-order valence-electron chi connectivity index (χ1n) is 9.00. The maximum Gasteiger partial charge on any atom is 0.416 e. The van der Waals surface area contributed by atoms with E-state index in [1.165, 1.54) is 12.1 Å². The summed E-state index contributed by atoms with van der Waals surface area (Å²) in [5.74, 6) is 1.77. The predicted molar refractivity (Wildman–Crippen MR) is 107 cm³/mol. The number of anilines is 3. The monoisotopic (exact) mass is 402 g/mol. The number of alkyl halides is 3. The summed E-state index contributed by atoms with van der Waals surface area (Å²) in [5, 5.41) is 6.19. The van der Waals surface area contributed by atoms with Crippen molar-refractivity contribution in [3.8, 4) is 5.75 Å². The molecule has 0 fully saturated rings. The van der Waals surface area contributed by atoms with Gasteiger partial charge in [0.2, 0.25) is 5.95 Å². The lowest BCUT2D eigenvalue weighted by Gasteiger charge is -2.11. The molecule has 3 aromatic rings. The van der Waals surface area contributed by atoms with Crippen LogP contribution in [0, 0.1) is 6.92 Å². The van der Waals surface area contributed by atoms with Crippen molar-refractivity contribution in [2.24, 2.45) is 0 Å². The molecule has 0 amide bonds. The smallest absolute Gasteiger partial charge is 0.416 e. The highest BCUT2D eigenvalue weighted by Crippen LogP contribution is 2.30. The van der Waals surface area contributed by atoms with E-state index in [-0.39, 0.29) is 0 Å². The molecular formula is C21H21F3N4O. The molecule has 29 heavy (non-hydrogen) atoms. The van der Waals surface area contributed by atoms with Gasteiger partial charge in [-0.1, -0.05) is 12.1 Å². The normalized spacial score (nSPS) is 11.2. The number of methoxy groups -OCH3 is 1. The van der Waals surface area contributed by atoms with Crippen LogP contribution in [0.25, 0.3) is 0 Å². The van der Waals surface area contributed by atoms with E-state index < -0.39 is 11.7 Å². The summed E-state index contributed by atoms with van der Waals surface area (Å²) in [6, 6.07) is 14.4. The number of nitrogens with zero attached hydrogens (tertiary/aromatic N) is 2. The van der Waals surface area contributed by atoms with E-state index in [1.807, 2.05) is 37.3 Å². The number of hydrogen-bond acceptors (Lipinski definition) is 5. The Morgan fingerprint density at radius 3 is 2.28 bits per heavy atom. The Hall–Kier alpha value is -3.29. The third-order valence-corrected chi connectivity index (χ3v) is 4.20. The fourth-order valence-corrected chi connectivity index (χ4v) is 2.71. The molecule has 0 unspecified atom stereocenters. The van der Waals surface area contributed by atoms with Gasteiger partial charge in [-0.3, -0.25) is 0 Å². The van der Waals surface area contributed by atoms with Crippen LogP contribution in [0.1, 0.15) is 16.8 Å². The molecule has 0 aliphatic rings. The molecule has 2 N–H and O–H groups in total. The molecule has 5 nitrogen and oxygen atoms in total. The molecule has 0 radical (unpaired) electrons. The number of nitrogens with one attached hydrogen (secondary N) is 2. The average Bonchev–Trinajstić information content (AvgIpc) is 2.68. The van der Waals surface area contributed by atoms with Crippen molar-refractivity contribution in [3.63, 3.8) is 0 Å². The van der Waals surface area contributed by atoms with Crippen LogP contribution in [0.4, 0.5) is 30.6 Å². The van der Waals surface area contributed by atoms with Gasteiger partial charge in [0.05, 0.1) is 12.7 Å². The third kappa shape index (κ3) is 5.84. The first-order valence-corrected chi connectivity index (χ1v) is 9.00. The second-order valence-corrected chi connectivity index (χ2v) is 6.44. The number of halogens is 3. The lowest BCUT2D eigenvalue weighted by atomic mass is 10.1. The van der Waals surface area contributed by atoms with Gasteiger partial charge in [0.1, 0.15) is 11.6 Å². The van der Waals surface area contributed by atoms with E-state index >= 15 is 0 Å². The number of aryl methyl sites for hydroxylation is 1. The van der Waals surface area contributed by atoms with Crippen molar-refractivity contribution in [1.82, 2.24) is 9.97 Å². The van der Waals surface area contributed by atoms with Gasteiger partial charge >= 0.3 is 6.18 Å². The Balaban J connectivity index is 1.61. The summed E-state index contributed by atoms with van der Waals surface area (Å²) in [4.78, 5) is 8.67. The molecule has 3 rings (SSSR count). The van der Waals surface area contributed by atoms with Crippen LogP contribution in [0.2, 0.25) is 0 Å². The highest BCUT2D eigenvalue weighted by Gasteiger charge is 2.29. The average molecular weight is 402 g/mol. The first-order chi connectivity index (χ1) is 13.8. The molecule has 0 saturated heterocycles. The summed E-state index contributed by atoms with van der Waals surface area (Å²) in [6.07, 6.45) is -3.56. The summed E-state index contributed by atoms with van der Waals surface area (Å²) in [7, 11) is 1.63. The Morgan fingerprint density at radius 2 is 1.66 bits per heavy atom. The van der Waals surface area contributed by atoms with E-state index in [4.69, 9.17) is 4.74 Å². The molecule has 0 spiro atoms. The molecule has 8 heteroatoms. The van der Waals surface area contributed by atoms with Gasteiger partial charge in [0, 0.05) is 24.0 Å². The van der Waals surface area contributed by atoms with Crippen LogP contribution in [-0.2, 0) is 12.6 Å². The predicted octanol–water partition coefficient (Wildman–Crippen LogP) is 5.21. The number of hydrogen-bond donors (Lipinski definition) is 2. The standard InChI is InChI=1S/C21H21F3N4O/c1-14-13-19(25-12-11-15-3-9-18(29-2)10-4-15)28-20(26-14)27-17-7-5-16(6-8-17)21(22,23)24/h3-10,13H,11-12H2,1-2H3,(H2,25,26,27,28). The van der Waals surface area contributed by atoms with Crippen LogP contribution in [0.15, 0.2) is 54.6 Å². The zero-order chi connectivity index (χ0) is 20.9. The van der Waals surface area contributed by atoms with Gasteiger partial charge in [0.15, 0.2) is 0 Å². The van der Waals surface area contributed by atoms with Crippen LogP contribution in [0.5, 0.6) is 5.75 Å². The van der Waals surface area contributed by atoms with E-state index in [0.29, 0.717) is 24.0 Å². The molecule has 0 saturated carbocycles. The fourth-order valence-electron chi connectivity index (χ4n) is 2.71. The quantitative estimate of drug-likeness (QED) is 0.568. The highest BCUT2D eigenvalue weighted by molar-refractivity contribution is 5.56. The van der Waals surface area contributed by atoms with E-state index in [9.17, 15) is 13.2 Å². The van der Waals surface area contributed by atoms with Crippen molar-refractivity contribution in [2.75, 3.05) is 24.3 Å². The molecular weight excluding hydrogens is 381 g/mol. The second kappa shape index (κ2) is 8.81. The molecule has 2 aromatic carbocycles. The summed E-state index contributed by atoms with van der Waals surface area (Å²) in [5.41, 5.74) is 1.68. The maximum absolute atomic E-state index is 12.7. The Kier molecular flexibility index (Phi) is 6.21. The van der Waals surface area contributed by atoms with Crippen LogP contribution in [-0.4, -0.2) is 23.6 Å². The fraction of sp³-hybridized carbons (Fsp3) is 0.238. The van der Waals surface area contributed by atoms with Crippen molar-refractivity contribution in [1.29, 1.82) is 0 Å². The minimum absolute atomic E-state index is 0.316. The summed E-state index contributed by atoms with van der Waals surface area (Å²) >= 11 is 0. The van der Waals surface area contributed by atoms with Crippen molar-refractivity contribution >= 4 is 17.5 Å². The Morgan fingerprint density at radius 1 is 0.966 bits per heavy atom. The molecule has 0 aliphatic heterocycles. The van der Waals surface area contributed by atoms with Gasteiger partial charge in [-0.05, 0) is 55.3 Å². The third-order valence-electron chi connectivity index (χ3n) is 4.20. The van der Waals surface area contributed by atoms with E-state index in [0.717, 1.165) is 35.6 Å². The minimum atomic E-state index is -4.36. The number of benzene rings is 2. The van der Waals surface area contributed by atoms with Gasteiger partial charge in [-0.15, -0.1) is 0 Å². The largest absolute Gasteiger partial charge is 0.497 e. The van der Waals surface area contributed by atoms with Gasteiger partial charge in [0.25, 0.3) is 0 Å². The minimum Gasteiger partial charge on any atom is -0.497 e. The van der Waals surface area contributed by atoms with Gasteiger partial charge in [-0.2, -0.15) is 18.2 Å². The van der Waals surface area contributed by atoms with Crippen molar-refractivity contribution in [2.45, 2.75) is 19.5 Å². The van der Waals surface area contributed by atoms with Gasteiger partial charge < -0.3 is 15.4 Å². The Bertz CT molecular complexity index is 942. The van der Waals surface area contributed by atoms with Crippen molar-refractivity contribution < 1.29 is 17.9 Å². The van der Waals surface area contributed by atoms with Crippen molar-refractivity contribution in [3.05, 3.63) is 71.4 Å². The lowest BCUT2D eigenvalue weighted by molar-refractivity contribution is -0.137. The lowest BCUT2D eigenvalue weighted by Crippen LogP contribution is -2.09. The number of ether oxygens (including phenoxy) is 1. The molecule has 152 valence electrons. The first kappa shape index (κ1) is 20.4. The van der Waals surface area contributed by atoms with E-state index in [2.05, 4.69) is 20.6 Å². The van der Waals surface area contributed by atoms with Crippen LogP contribution >= 0.6 is 0 Å². The molecule has 0 aliphatic carbocycles. The highest BCUT2D eigenvalue weighted by atomic mass is 19.4. The molecule has 1 aromatic heterocycles. The second-order valence-electron chi connectivity index (χ2n) is 6.44. The number of aromatic nitrogens is 2. The zero-order valence-electron chi connectivity index (χ0n) is 16.0. The van der Waals surface area contributed by atoms with Crippen LogP contribution in [0.3, 0.4) is 0 Å². The SMILES string of the molecule is COc1ccc(CCNc2cc(C)nc(Nc3ccc(C(F)(F)F)cc3)n2)cc1. The topological polar surface area (TPSA) is 59.1 Å². The zero-order valence-corrected chi connectivity index (χ0v) is 16.0. The number of rotatable bonds is 7. The molecule has 0 bridgehead atoms. The molecule has 0 atom stereocenters. The summed E-state index contributed by atoms with van der Waals surface area (Å²) in [6.45, 7) is 2.50. The van der Waals surface area contributed by atoms with Gasteiger partial charge in [-0.25, -0.2) is 4.98 Å².